The van der Waals surface area contributed by atoms with E-state index in [0.717, 1.165) is 32.7 Å². The molecule has 0 aromatic heterocycles. The molecule has 0 spiro atoms. The third-order valence-corrected chi connectivity index (χ3v) is 1.92. The number of nitrogens with zero attached hydrogens (tertiary/aromatic N) is 1. The molecule has 3 heteroatoms. The van der Waals surface area contributed by atoms with Gasteiger partial charge in [-0.3, -0.25) is 0 Å². The van der Waals surface area contributed by atoms with E-state index in [4.69, 9.17) is 10.5 Å². The van der Waals surface area contributed by atoms with E-state index in [2.05, 4.69) is 25.8 Å². The Morgan fingerprint density at radius 1 is 1.23 bits per heavy atom. The average molecular weight is 188 g/mol. The Morgan fingerprint density at radius 2 is 1.92 bits per heavy atom. The van der Waals surface area contributed by atoms with Crippen LogP contribution in [0.3, 0.4) is 0 Å². The molecule has 0 fully saturated rings. The van der Waals surface area contributed by atoms with Crippen molar-refractivity contribution >= 4 is 0 Å². The van der Waals surface area contributed by atoms with Gasteiger partial charge in [-0.1, -0.05) is 0 Å². The summed E-state index contributed by atoms with van der Waals surface area (Å²) in [5, 5.41) is 0. The van der Waals surface area contributed by atoms with Crippen LogP contribution in [0.1, 0.15) is 26.7 Å². The zero-order valence-electron chi connectivity index (χ0n) is 9.25. The van der Waals surface area contributed by atoms with Crippen molar-refractivity contribution in [1.29, 1.82) is 0 Å². The van der Waals surface area contributed by atoms with E-state index in [1.165, 1.54) is 6.42 Å². The summed E-state index contributed by atoms with van der Waals surface area (Å²) < 4.78 is 5.45. The highest BCUT2D eigenvalue weighted by molar-refractivity contribution is 4.52. The largest absolute Gasteiger partial charge is 0.377 e. The molecule has 13 heavy (non-hydrogen) atoms. The molecule has 2 N–H and O–H groups in total. The van der Waals surface area contributed by atoms with Crippen LogP contribution in [-0.2, 0) is 4.74 Å². The van der Waals surface area contributed by atoms with Gasteiger partial charge >= 0.3 is 0 Å². The summed E-state index contributed by atoms with van der Waals surface area (Å²) in [4.78, 5) is 2.29. The standard InChI is InChI=1S/C10H24N2O/c1-10(2)13-9-8-12(3)7-5-4-6-11/h10H,4-9,11H2,1-3H3. The molecule has 0 atom stereocenters. The predicted molar refractivity (Wildman–Crippen MR) is 56.9 cm³/mol. The first-order valence-corrected chi connectivity index (χ1v) is 5.17. The molecule has 0 saturated heterocycles. The van der Waals surface area contributed by atoms with Crippen LogP contribution in [0.5, 0.6) is 0 Å². The van der Waals surface area contributed by atoms with Gasteiger partial charge in [-0.05, 0) is 46.8 Å². The van der Waals surface area contributed by atoms with Crippen LogP contribution in [0.25, 0.3) is 0 Å². The van der Waals surface area contributed by atoms with E-state index in [0.29, 0.717) is 6.10 Å². The monoisotopic (exact) mass is 188 g/mol. The van der Waals surface area contributed by atoms with Gasteiger partial charge in [0.05, 0.1) is 12.7 Å². The molecule has 0 aliphatic heterocycles. The summed E-state index contributed by atoms with van der Waals surface area (Å²) >= 11 is 0. The third kappa shape index (κ3) is 9.80. The van der Waals surface area contributed by atoms with Crippen molar-refractivity contribution in [3.05, 3.63) is 0 Å². The summed E-state index contributed by atoms with van der Waals surface area (Å²) in [7, 11) is 2.13. The highest BCUT2D eigenvalue weighted by atomic mass is 16.5. The van der Waals surface area contributed by atoms with Crippen LogP contribution in [0.15, 0.2) is 0 Å². The zero-order chi connectivity index (χ0) is 10.1. The first kappa shape index (κ1) is 12.9. The molecule has 0 amide bonds. The Bertz CT molecular complexity index is 107. The molecule has 0 bridgehead atoms. The van der Waals surface area contributed by atoms with E-state index in [-0.39, 0.29) is 0 Å². The maximum Gasteiger partial charge on any atom is 0.0596 e. The molecule has 0 aromatic carbocycles. The number of hydrogen-bond acceptors (Lipinski definition) is 3. The topological polar surface area (TPSA) is 38.5 Å². The fourth-order valence-electron chi connectivity index (χ4n) is 1.08. The van der Waals surface area contributed by atoms with Gasteiger partial charge in [0.1, 0.15) is 0 Å². The van der Waals surface area contributed by atoms with Crippen molar-refractivity contribution < 1.29 is 4.74 Å². The Morgan fingerprint density at radius 3 is 2.46 bits per heavy atom. The molecule has 0 radical (unpaired) electrons. The fourth-order valence-corrected chi connectivity index (χ4v) is 1.08. The van der Waals surface area contributed by atoms with Crippen LogP contribution in [0.4, 0.5) is 0 Å². The lowest BCUT2D eigenvalue weighted by Crippen LogP contribution is -2.25. The Hall–Kier alpha value is -0.120. The van der Waals surface area contributed by atoms with Crippen LogP contribution < -0.4 is 5.73 Å². The number of nitrogens with two attached hydrogens (primary N) is 1. The summed E-state index contributed by atoms with van der Waals surface area (Å²) in [6.45, 7) is 7.90. The summed E-state index contributed by atoms with van der Waals surface area (Å²) in [5.41, 5.74) is 5.41. The van der Waals surface area contributed by atoms with Crippen LogP contribution in [0, 0.1) is 0 Å². The molecular weight excluding hydrogens is 164 g/mol. The number of ether oxygens (including phenoxy) is 1. The SMILES string of the molecule is CC(C)OCCN(C)CCCCN. The Labute approximate surface area is 82.2 Å². The lowest BCUT2D eigenvalue weighted by atomic mass is 10.3. The maximum absolute atomic E-state index is 5.45. The third-order valence-electron chi connectivity index (χ3n) is 1.92. The van der Waals surface area contributed by atoms with E-state index in [9.17, 15) is 0 Å². The zero-order valence-corrected chi connectivity index (χ0v) is 9.25. The van der Waals surface area contributed by atoms with Gasteiger partial charge in [0.15, 0.2) is 0 Å². The van der Waals surface area contributed by atoms with Gasteiger partial charge < -0.3 is 15.4 Å². The normalized spacial score (nSPS) is 11.5. The molecule has 0 heterocycles. The smallest absolute Gasteiger partial charge is 0.0596 e. The minimum Gasteiger partial charge on any atom is -0.377 e. The van der Waals surface area contributed by atoms with Gasteiger partial charge in [-0.25, -0.2) is 0 Å². The highest BCUT2D eigenvalue weighted by Crippen LogP contribution is 1.93. The van der Waals surface area contributed by atoms with E-state index in [1.807, 2.05) is 0 Å². The molecule has 80 valence electrons. The van der Waals surface area contributed by atoms with Crippen molar-refractivity contribution in [1.82, 2.24) is 4.90 Å². The minimum atomic E-state index is 0.345. The van der Waals surface area contributed by atoms with Gasteiger partial charge in [-0.2, -0.15) is 0 Å². The Kier molecular flexibility index (Phi) is 8.40. The summed E-state index contributed by atoms with van der Waals surface area (Å²) in [5.74, 6) is 0. The van der Waals surface area contributed by atoms with Crippen molar-refractivity contribution in [2.75, 3.05) is 33.3 Å². The number of hydrogen-bond donors (Lipinski definition) is 1. The Balaban J connectivity index is 3.15. The lowest BCUT2D eigenvalue weighted by molar-refractivity contribution is 0.0636. The quantitative estimate of drug-likeness (QED) is 0.579. The van der Waals surface area contributed by atoms with Crippen molar-refractivity contribution in [2.24, 2.45) is 5.73 Å². The first-order valence-electron chi connectivity index (χ1n) is 5.17. The molecule has 0 aliphatic carbocycles. The van der Waals surface area contributed by atoms with E-state index < -0.39 is 0 Å². The highest BCUT2D eigenvalue weighted by Gasteiger charge is 1.98. The minimum absolute atomic E-state index is 0.345. The molecule has 0 aromatic rings. The van der Waals surface area contributed by atoms with Crippen molar-refractivity contribution in [3.8, 4) is 0 Å². The van der Waals surface area contributed by atoms with Gasteiger partial charge in [0.2, 0.25) is 0 Å². The second kappa shape index (κ2) is 8.48. The summed E-state index contributed by atoms with van der Waals surface area (Å²) in [6, 6.07) is 0. The van der Waals surface area contributed by atoms with Gasteiger partial charge in [0, 0.05) is 6.54 Å². The van der Waals surface area contributed by atoms with Gasteiger partial charge in [-0.15, -0.1) is 0 Å². The second-order valence-corrected chi connectivity index (χ2v) is 3.72. The van der Waals surface area contributed by atoms with Crippen molar-refractivity contribution in [2.45, 2.75) is 32.8 Å². The van der Waals surface area contributed by atoms with Gasteiger partial charge in [0.25, 0.3) is 0 Å². The molecule has 3 nitrogen and oxygen atoms in total. The average Bonchev–Trinajstić information content (AvgIpc) is 2.04. The molecule has 0 unspecified atom stereocenters. The lowest BCUT2D eigenvalue weighted by Gasteiger charge is -2.17. The van der Waals surface area contributed by atoms with Crippen LogP contribution >= 0.6 is 0 Å². The molecule has 0 rings (SSSR count). The predicted octanol–water partition coefficient (Wildman–Crippen LogP) is 1.08. The van der Waals surface area contributed by atoms with Crippen LogP contribution in [0.2, 0.25) is 0 Å². The van der Waals surface area contributed by atoms with E-state index >= 15 is 0 Å². The number of unbranched alkanes of at least 4 members (excludes halogenated alkanes) is 1. The fraction of sp³-hybridized carbons (Fsp3) is 1.00. The number of rotatable bonds is 8. The molecule has 0 aliphatic rings. The first-order chi connectivity index (χ1) is 6.16. The second-order valence-electron chi connectivity index (χ2n) is 3.72. The molecular formula is C10H24N2O. The number of likely N-dealkylation sites (N-methyl/N-ethyl adjacent to an activating group) is 1. The van der Waals surface area contributed by atoms with Crippen molar-refractivity contribution in [3.63, 3.8) is 0 Å². The maximum atomic E-state index is 5.45. The molecule has 0 saturated carbocycles. The summed E-state index contributed by atoms with van der Waals surface area (Å²) in [6.07, 6.45) is 2.65. The van der Waals surface area contributed by atoms with E-state index in [1.54, 1.807) is 0 Å². The van der Waals surface area contributed by atoms with Crippen LogP contribution in [-0.4, -0.2) is 44.3 Å².